The number of carbonyl (C=O) groups excluding carboxylic acids is 2. The average molecular weight is 529 g/mol. The number of fused-ring (bicyclic) bond motifs is 2. The molecule has 2 N–H and O–H groups in total. The van der Waals surface area contributed by atoms with Crippen LogP contribution in [0.4, 0.5) is 10.6 Å². The summed E-state index contributed by atoms with van der Waals surface area (Å²) in [4.78, 5) is 29.8. The third-order valence-corrected chi connectivity index (χ3v) is 6.50. The maximum absolute atomic E-state index is 13.2. The van der Waals surface area contributed by atoms with Gasteiger partial charge in [0.05, 0.1) is 11.8 Å². The molecule has 206 valence electrons. The molecule has 2 saturated heterocycles. The maximum Gasteiger partial charge on any atom is 0.408 e. The van der Waals surface area contributed by atoms with Crippen molar-refractivity contribution in [1.82, 2.24) is 19.9 Å². The highest BCUT2D eigenvalue weighted by Gasteiger charge is 2.64. The summed E-state index contributed by atoms with van der Waals surface area (Å²) in [6.07, 6.45) is -0.235. The molecule has 0 aromatic carbocycles. The molecule has 0 bridgehead atoms. The Morgan fingerprint density at radius 3 is 2.55 bits per heavy atom. The van der Waals surface area contributed by atoms with Crippen molar-refractivity contribution >= 4 is 23.3 Å². The van der Waals surface area contributed by atoms with Gasteiger partial charge in [-0.25, -0.2) is 14.3 Å². The summed E-state index contributed by atoms with van der Waals surface area (Å²) in [7, 11) is 0. The van der Waals surface area contributed by atoms with Gasteiger partial charge in [-0.15, -0.1) is 0 Å². The zero-order valence-electron chi connectivity index (χ0n) is 23.1. The molecule has 2 aromatic rings. The molecule has 12 nitrogen and oxygen atoms in total. The molecule has 38 heavy (non-hydrogen) atoms. The van der Waals surface area contributed by atoms with Gasteiger partial charge < -0.3 is 29.6 Å². The van der Waals surface area contributed by atoms with Crippen LogP contribution in [0, 0.1) is 17.2 Å². The van der Waals surface area contributed by atoms with Crippen molar-refractivity contribution in [1.29, 1.82) is 5.26 Å². The van der Waals surface area contributed by atoms with E-state index >= 15 is 0 Å². The maximum atomic E-state index is 13.2. The minimum Gasteiger partial charge on any atom is -0.444 e. The summed E-state index contributed by atoms with van der Waals surface area (Å²) in [6, 6.07) is 4.86. The Morgan fingerprint density at radius 2 is 1.95 bits per heavy atom. The molecule has 5 atom stereocenters. The summed E-state index contributed by atoms with van der Waals surface area (Å²) in [5.41, 5.74) is -1.31. The van der Waals surface area contributed by atoms with E-state index in [4.69, 9.17) is 18.9 Å². The lowest BCUT2D eigenvalue weighted by molar-refractivity contribution is -0.201. The van der Waals surface area contributed by atoms with E-state index in [0.717, 1.165) is 0 Å². The predicted octanol–water partition coefficient (Wildman–Crippen LogP) is 3.26. The van der Waals surface area contributed by atoms with E-state index in [-0.39, 0.29) is 17.8 Å². The smallest absolute Gasteiger partial charge is 0.408 e. The monoisotopic (exact) mass is 528 g/mol. The fourth-order valence-corrected chi connectivity index (χ4v) is 4.89. The lowest BCUT2D eigenvalue weighted by Crippen LogP contribution is -2.48. The molecule has 12 heteroatoms. The molecule has 4 rings (SSSR count). The highest BCUT2D eigenvalue weighted by molar-refractivity contribution is 5.98. The zero-order chi connectivity index (χ0) is 28.0. The second-order valence-corrected chi connectivity index (χ2v) is 11.4. The highest BCUT2D eigenvalue weighted by Crippen LogP contribution is 2.49. The normalized spacial score (nSPS) is 27.1. The molecule has 2 aliphatic heterocycles. The number of anilines is 1. The van der Waals surface area contributed by atoms with Gasteiger partial charge in [-0.2, -0.15) is 10.4 Å². The topological polar surface area (TPSA) is 149 Å². The quantitative estimate of drug-likeness (QED) is 0.576. The molecule has 0 saturated carbocycles. The van der Waals surface area contributed by atoms with Crippen LogP contribution >= 0.6 is 0 Å². The third-order valence-electron chi connectivity index (χ3n) is 6.50. The van der Waals surface area contributed by atoms with Crippen LogP contribution in [0.3, 0.4) is 0 Å². The van der Waals surface area contributed by atoms with E-state index in [1.54, 1.807) is 32.9 Å². The highest BCUT2D eigenvalue weighted by atomic mass is 16.8. The Balaban J connectivity index is 1.65. The molecular formula is C26H36N6O6. The fraction of sp³-hybridized carbons (Fsp3) is 0.654. The van der Waals surface area contributed by atoms with Crippen LogP contribution in [0.15, 0.2) is 18.5 Å². The molecule has 2 fully saturated rings. The third kappa shape index (κ3) is 5.06. The first-order valence-corrected chi connectivity index (χ1v) is 12.8. The SMILES string of the molecule is CC[C@H]1O[C@@](C#N)(c2ccc3c(NC(=O)[C@@H](NC(=O)OC(C)(C)C)C(C)C)ncnn23)[C@@H]2OC(C)(C)O[C@@H]21. The summed E-state index contributed by atoms with van der Waals surface area (Å²) in [5, 5.41) is 20.2. The fourth-order valence-electron chi connectivity index (χ4n) is 4.89. The first-order chi connectivity index (χ1) is 17.7. The summed E-state index contributed by atoms with van der Waals surface area (Å²) < 4.78 is 25.4. The van der Waals surface area contributed by atoms with Crippen molar-refractivity contribution in [3.63, 3.8) is 0 Å². The van der Waals surface area contributed by atoms with Crippen molar-refractivity contribution in [2.75, 3.05) is 5.32 Å². The molecule has 4 heterocycles. The summed E-state index contributed by atoms with van der Waals surface area (Å²) in [5.74, 6) is -1.36. The summed E-state index contributed by atoms with van der Waals surface area (Å²) in [6.45, 7) is 14.4. The van der Waals surface area contributed by atoms with Crippen LogP contribution in [-0.4, -0.2) is 62.3 Å². The Morgan fingerprint density at radius 1 is 1.24 bits per heavy atom. The van der Waals surface area contributed by atoms with Gasteiger partial charge in [0.25, 0.3) is 0 Å². The molecule has 0 unspecified atom stereocenters. The largest absolute Gasteiger partial charge is 0.444 e. The van der Waals surface area contributed by atoms with E-state index in [0.29, 0.717) is 17.6 Å². The molecule has 0 radical (unpaired) electrons. The van der Waals surface area contributed by atoms with E-state index in [1.165, 1.54) is 10.8 Å². The zero-order valence-corrected chi connectivity index (χ0v) is 23.1. The number of hydrogen-bond donors (Lipinski definition) is 2. The van der Waals surface area contributed by atoms with Gasteiger partial charge in [0.15, 0.2) is 11.6 Å². The van der Waals surface area contributed by atoms with Crippen molar-refractivity contribution in [2.45, 2.75) is 103 Å². The Hall–Kier alpha value is -3.27. The Kier molecular flexibility index (Phi) is 7.16. The van der Waals surface area contributed by atoms with Crippen LogP contribution in [0.25, 0.3) is 5.52 Å². The number of nitrogens with zero attached hydrogens (tertiary/aromatic N) is 4. The van der Waals surface area contributed by atoms with Crippen LogP contribution in [-0.2, 0) is 29.3 Å². The number of rotatable bonds is 6. The molecule has 2 amide bonds. The molecular weight excluding hydrogens is 492 g/mol. The van der Waals surface area contributed by atoms with Crippen LogP contribution < -0.4 is 10.6 Å². The van der Waals surface area contributed by atoms with Gasteiger partial charge >= 0.3 is 6.09 Å². The number of nitrogens with one attached hydrogen (secondary N) is 2. The van der Waals surface area contributed by atoms with E-state index < -0.39 is 47.2 Å². The van der Waals surface area contributed by atoms with Gasteiger partial charge in [-0.3, -0.25) is 4.79 Å². The van der Waals surface area contributed by atoms with Crippen LogP contribution in [0.1, 0.15) is 67.5 Å². The lowest BCUT2D eigenvalue weighted by atomic mass is 9.92. The Labute approximate surface area is 222 Å². The molecule has 2 aliphatic rings. The van der Waals surface area contributed by atoms with Crippen LogP contribution in [0.2, 0.25) is 0 Å². The first kappa shape index (κ1) is 27.8. The van der Waals surface area contributed by atoms with Gasteiger partial charge in [-0.05, 0) is 59.1 Å². The lowest BCUT2D eigenvalue weighted by Gasteiger charge is -2.28. The van der Waals surface area contributed by atoms with E-state index in [1.807, 2.05) is 34.6 Å². The second kappa shape index (κ2) is 9.80. The van der Waals surface area contributed by atoms with E-state index in [9.17, 15) is 14.9 Å². The second-order valence-electron chi connectivity index (χ2n) is 11.4. The Bertz CT molecular complexity index is 1260. The molecule has 2 aromatic heterocycles. The number of carbonyl (C=O) groups is 2. The van der Waals surface area contributed by atoms with Crippen molar-refractivity contribution in [3.05, 3.63) is 24.2 Å². The van der Waals surface area contributed by atoms with E-state index in [2.05, 4.69) is 26.8 Å². The number of amides is 2. The minimum atomic E-state index is -1.49. The number of hydrogen-bond acceptors (Lipinski definition) is 9. The van der Waals surface area contributed by atoms with Gasteiger partial charge in [0.2, 0.25) is 11.5 Å². The molecule has 0 spiro atoms. The summed E-state index contributed by atoms with van der Waals surface area (Å²) >= 11 is 0. The number of aromatic nitrogens is 3. The van der Waals surface area contributed by atoms with Gasteiger partial charge in [-0.1, -0.05) is 20.8 Å². The molecule has 0 aliphatic carbocycles. The van der Waals surface area contributed by atoms with Crippen LogP contribution in [0.5, 0.6) is 0 Å². The number of nitriles is 1. The number of ether oxygens (including phenoxy) is 4. The van der Waals surface area contributed by atoms with Crippen molar-refractivity contribution in [3.8, 4) is 6.07 Å². The number of alkyl carbamates (subject to hydrolysis) is 1. The van der Waals surface area contributed by atoms with Gasteiger partial charge in [0.1, 0.15) is 41.8 Å². The standard InChI is InChI=1S/C26H36N6O6/c1-9-16-19-20(37-25(7,8)36-19)26(12-27,35-16)17-11-10-15-21(28-13-29-32(15)17)31-22(33)18(14(2)3)30-23(34)38-24(4,5)6/h10-11,13-14,16,18-20H,9H2,1-8H3,(H,30,34)(H,28,29,31,33)/t16-,18+,19-,20-,26+/m1/s1. The predicted molar refractivity (Wildman–Crippen MR) is 136 cm³/mol. The van der Waals surface area contributed by atoms with Crippen molar-refractivity contribution in [2.24, 2.45) is 5.92 Å². The minimum absolute atomic E-state index is 0.214. The van der Waals surface area contributed by atoms with Crippen molar-refractivity contribution < 1.29 is 28.5 Å². The first-order valence-electron chi connectivity index (χ1n) is 12.8. The van der Waals surface area contributed by atoms with Gasteiger partial charge in [0, 0.05) is 0 Å². The average Bonchev–Trinajstić information content (AvgIpc) is 3.46.